The molecule has 34 heavy (non-hydrogen) atoms. The summed E-state index contributed by atoms with van der Waals surface area (Å²) >= 11 is 0. The third-order valence-electron chi connectivity index (χ3n) is 5.93. The fraction of sp³-hybridized carbons (Fsp3) is 0.143. The summed E-state index contributed by atoms with van der Waals surface area (Å²) in [5.41, 5.74) is 5.45. The number of benzene rings is 3. The molecule has 6 heteroatoms. The van der Waals surface area contributed by atoms with Crippen molar-refractivity contribution in [2.24, 2.45) is 7.05 Å². The lowest BCUT2D eigenvalue weighted by Crippen LogP contribution is -2.24. The van der Waals surface area contributed by atoms with Gasteiger partial charge >= 0.3 is 0 Å². The van der Waals surface area contributed by atoms with Gasteiger partial charge in [0.05, 0.1) is 37.3 Å². The molecule has 0 aliphatic rings. The normalized spacial score (nSPS) is 11.1. The number of aromatic nitrogens is 3. The van der Waals surface area contributed by atoms with Crippen LogP contribution in [0.2, 0.25) is 0 Å². The highest BCUT2D eigenvalue weighted by Gasteiger charge is 2.19. The van der Waals surface area contributed by atoms with Crippen molar-refractivity contribution in [1.82, 2.24) is 14.2 Å². The number of rotatable bonds is 7. The van der Waals surface area contributed by atoms with Crippen molar-refractivity contribution < 1.29 is 9.47 Å². The van der Waals surface area contributed by atoms with Crippen molar-refractivity contribution in [2.45, 2.75) is 13.2 Å². The molecule has 6 nitrogen and oxygen atoms in total. The first kappa shape index (κ1) is 21.7. The quantitative estimate of drug-likeness (QED) is 0.346. The summed E-state index contributed by atoms with van der Waals surface area (Å²) in [6, 6.07) is 29.3. The van der Waals surface area contributed by atoms with Gasteiger partial charge in [0.2, 0.25) is 0 Å². The van der Waals surface area contributed by atoms with E-state index < -0.39 is 0 Å². The first-order chi connectivity index (χ1) is 16.7. The van der Waals surface area contributed by atoms with Gasteiger partial charge in [0.15, 0.2) is 0 Å². The Balaban J connectivity index is 1.63. The highest BCUT2D eigenvalue weighted by molar-refractivity contribution is 5.70. The zero-order chi connectivity index (χ0) is 23.5. The van der Waals surface area contributed by atoms with Gasteiger partial charge in [0.1, 0.15) is 11.4 Å². The van der Waals surface area contributed by atoms with Crippen LogP contribution in [0.15, 0.2) is 95.8 Å². The van der Waals surface area contributed by atoms with Gasteiger partial charge in [-0.1, -0.05) is 72.8 Å². The Morgan fingerprint density at radius 1 is 0.824 bits per heavy atom. The van der Waals surface area contributed by atoms with Crippen molar-refractivity contribution in [3.8, 4) is 28.1 Å². The van der Waals surface area contributed by atoms with Crippen LogP contribution in [0.4, 0.5) is 0 Å². The first-order valence-electron chi connectivity index (χ1n) is 11.1. The molecular weight excluding hydrogens is 426 g/mol. The van der Waals surface area contributed by atoms with Crippen LogP contribution in [0.5, 0.6) is 5.75 Å². The monoisotopic (exact) mass is 451 g/mol. The molecule has 0 bridgehead atoms. The van der Waals surface area contributed by atoms with Crippen LogP contribution in [-0.4, -0.2) is 21.3 Å². The lowest BCUT2D eigenvalue weighted by Gasteiger charge is -2.16. The molecule has 0 spiro atoms. The fourth-order valence-corrected chi connectivity index (χ4v) is 4.10. The minimum absolute atomic E-state index is 0.182. The van der Waals surface area contributed by atoms with Crippen molar-refractivity contribution in [2.75, 3.05) is 7.11 Å². The maximum atomic E-state index is 13.7. The zero-order valence-electron chi connectivity index (χ0n) is 19.1. The van der Waals surface area contributed by atoms with Gasteiger partial charge in [-0.15, -0.1) is 0 Å². The highest BCUT2D eigenvalue weighted by atomic mass is 16.5. The second kappa shape index (κ2) is 9.37. The average Bonchev–Trinajstić information content (AvgIpc) is 3.35. The molecule has 0 aliphatic heterocycles. The molecular formula is C28H25N3O3. The Labute approximate surface area is 197 Å². The Kier molecular flexibility index (Phi) is 5.97. The smallest absolute Gasteiger partial charge is 0.282 e. The van der Waals surface area contributed by atoms with Crippen LogP contribution in [0.3, 0.4) is 0 Å². The molecule has 0 saturated heterocycles. The number of aryl methyl sites for hydroxylation is 1. The zero-order valence-corrected chi connectivity index (χ0v) is 19.1. The van der Waals surface area contributed by atoms with Gasteiger partial charge in [-0.05, 0) is 23.3 Å². The summed E-state index contributed by atoms with van der Waals surface area (Å²) in [5.74, 6) is 0.731. The molecule has 2 aromatic heterocycles. The largest absolute Gasteiger partial charge is 0.497 e. The highest BCUT2D eigenvalue weighted by Crippen LogP contribution is 2.26. The van der Waals surface area contributed by atoms with E-state index in [4.69, 9.17) is 9.47 Å². The number of nitrogens with zero attached hydrogens (tertiary/aromatic N) is 3. The predicted molar refractivity (Wildman–Crippen MR) is 133 cm³/mol. The Morgan fingerprint density at radius 3 is 2.18 bits per heavy atom. The number of fused-ring (bicyclic) bond motifs is 1. The van der Waals surface area contributed by atoms with Gasteiger partial charge in [-0.3, -0.25) is 4.79 Å². The van der Waals surface area contributed by atoms with Crippen molar-refractivity contribution in [3.05, 3.63) is 113 Å². The number of hydrogen-bond donors (Lipinski definition) is 0. The van der Waals surface area contributed by atoms with Gasteiger partial charge < -0.3 is 14.0 Å². The molecule has 0 aliphatic carbocycles. The molecule has 0 unspecified atom stereocenters. The molecule has 0 saturated carbocycles. The van der Waals surface area contributed by atoms with Crippen molar-refractivity contribution in [3.63, 3.8) is 0 Å². The molecule has 0 radical (unpaired) electrons. The van der Waals surface area contributed by atoms with Crippen LogP contribution < -0.4 is 10.3 Å². The van der Waals surface area contributed by atoms with E-state index in [0.29, 0.717) is 17.8 Å². The number of ether oxygens (including phenoxy) is 2. The summed E-state index contributed by atoms with van der Waals surface area (Å²) in [4.78, 5) is 13.7. The second-order valence-electron chi connectivity index (χ2n) is 8.06. The minimum Gasteiger partial charge on any atom is -0.497 e. The Morgan fingerprint density at radius 2 is 1.50 bits per heavy atom. The first-order valence-corrected chi connectivity index (χ1v) is 11.1. The van der Waals surface area contributed by atoms with Crippen molar-refractivity contribution >= 4 is 5.65 Å². The van der Waals surface area contributed by atoms with E-state index in [2.05, 4.69) is 5.10 Å². The molecule has 5 aromatic rings. The fourth-order valence-electron chi connectivity index (χ4n) is 4.10. The maximum Gasteiger partial charge on any atom is 0.282 e. The van der Waals surface area contributed by atoms with Crippen LogP contribution >= 0.6 is 0 Å². The third kappa shape index (κ3) is 4.11. The molecule has 170 valence electrons. The van der Waals surface area contributed by atoms with Gasteiger partial charge in [-0.2, -0.15) is 9.61 Å². The van der Waals surface area contributed by atoms with Crippen LogP contribution in [-0.2, 0) is 25.0 Å². The summed E-state index contributed by atoms with van der Waals surface area (Å²) in [5, 5.41) is 4.65. The molecule has 0 atom stereocenters. The summed E-state index contributed by atoms with van der Waals surface area (Å²) in [6.07, 6.45) is 0. The second-order valence-corrected chi connectivity index (χ2v) is 8.06. The molecule has 5 rings (SSSR count). The standard InChI is InChI=1S/C28H25N3O3/c1-30-25(19-34-18-20-9-5-3-6-10-20)27(22-13-15-23(33-2)16-14-22)28(32)31-26(30)17-24(29-31)21-11-7-4-8-12-21/h3-17H,18-19H2,1-2H3. The summed E-state index contributed by atoms with van der Waals surface area (Å²) < 4.78 is 14.8. The summed E-state index contributed by atoms with van der Waals surface area (Å²) in [6.45, 7) is 0.737. The topological polar surface area (TPSA) is 57.8 Å². The molecule has 0 fully saturated rings. The molecule has 0 N–H and O–H groups in total. The number of hydrogen-bond acceptors (Lipinski definition) is 4. The molecule has 2 heterocycles. The van der Waals surface area contributed by atoms with Crippen LogP contribution in [0.25, 0.3) is 28.0 Å². The van der Waals surface area contributed by atoms with Crippen LogP contribution in [0, 0.1) is 0 Å². The third-order valence-corrected chi connectivity index (χ3v) is 5.93. The lowest BCUT2D eigenvalue weighted by atomic mass is 10.0. The van der Waals surface area contributed by atoms with E-state index in [1.54, 1.807) is 7.11 Å². The SMILES string of the molecule is COc1ccc(-c2c(COCc3ccccc3)n(C)c3cc(-c4ccccc4)nn3c2=O)cc1. The minimum atomic E-state index is -0.182. The Hall–Kier alpha value is -4.16. The summed E-state index contributed by atoms with van der Waals surface area (Å²) in [7, 11) is 3.57. The van der Waals surface area contributed by atoms with E-state index in [9.17, 15) is 4.79 Å². The van der Waals surface area contributed by atoms with Crippen molar-refractivity contribution in [1.29, 1.82) is 0 Å². The van der Waals surface area contributed by atoms with Gasteiger partial charge in [0, 0.05) is 18.7 Å². The predicted octanol–water partition coefficient (Wildman–Crippen LogP) is 5.09. The molecule has 3 aromatic carbocycles. The van der Waals surface area contributed by atoms with Gasteiger partial charge in [0.25, 0.3) is 5.56 Å². The van der Waals surface area contributed by atoms with E-state index >= 15 is 0 Å². The lowest BCUT2D eigenvalue weighted by molar-refractivity contribution is 0.103. The van der Waals surface area contributed by atoms with Crippen LogP contribution in [0.1, 0.15) is 11.3 Å². The van der Waals surface area contributed by atoms with E-state index in [1.165, 1.54) is 4.52 Å². The van der Waals surface area contributed by atoms with E-state index in [1.807, 2.05) is 103 Å². The van der Waals surface area contributed by atoms with E-state index in [-0.39, 0.29) is 12.2 Å². The van der Waals surface area contributed by atoms with Gasteiger partial charge in [-0.25, -0.2) is 0 Å². The maximum absolute atomic E-state index is 13.7. The number of methoxy groups -OCH3 is 1. The van der Waals surface area contributed by atoms with E-state index in [0.717, 1.165) is 33.8 Å². The Bertz CT molecular complexity index is 1470. The molecule has 0 amide bonds. The average molecular weight is 452 g/mol.